The Morgan fingerprint density at radius 1 is 0.875 bits per heavy atom. The summed E-state index contributed by atoms with van der Waals surface area (Å²) in [5.41, 5.74) is 1.79. The first-order valence-electron chi connectivity index (χ1n) is 10.3. The van der Waals surface area contributed by atoms with Crippen LogP contribution in [0.5, 0.6) is 0 Å². The van der Waals surface area contributed by atoms with Gasteiger partial charge in [0.15, 0.2) is 0 Å². The van der Waals surface area contributed by atoms with Crippen molar-refractivity contribution in [3.63, 3.8) is 0 Å². The highest BCUT2D eigenvalue weighted by molar-refractivity contribution is 5.83. The standard InChI is InChI=1S/C23H19N/c1-17-16-24-23(20-8-3-2-4-9-20)15-22(17)14-18-11-12-19-7-5-6-10-21(19)13-18/h2-13,15-16H,14H2,1H3/i1D3,14D2. The molecule has 4 aromatic rings. The van der Waals surface area contributed by atoms with Crippen LogP contribution < -0.4 is 0 Å². The molecule has 1 heteroatoms. The highest BCUT2D eigenvalue weighted by atomic mass is 14.7. The maximum Gasteiger partial charge on any atom is 0.0705 e. The van der Waals surface area contributed by atoms with E-state index in [1.807, 2.05) is 60.7 Å². The van der Waals surface area contributed by atoms with E-state index < -0.39 is 13.2 Å². The summed E-state index contributed by atoms with van der Waals surface area (Å²) in [7, 11) is 0. The molecule has 0 unspecified atom stereocenters. The minimum atomic E-state index is -2.47. The number of aromatic nitrogens is 1. The number of nitrogens with zero attached hydrogens (tertiary/aromatic N) is 1. The van der Waals surface area contributed by atoms with Gasteiger partial charge in [-0.15, -0.1) is 0 Å². The van der Waals surface area contributed by atoms with Gasteiger partial charge in [-0.2, -0.15) is 0 Å². The second-order valence-corrected chi connectivity index (χ2v) is 5.67. The molecule has 0 radical (unpaired) electrons. The van der Waals surface area contributed by atoms with Crippen LogP contribution in [0, 0.1) is 6.85 Å². The molecule has 1 nitrogen and oxygen atoms in total. The molecule has 0 atom stereocenters. The molecule has 0 aliphatic carbocycles. The molecule has 1 aromatic heterocycles. The Kier molecular flexibility index (Phi) is 2.63. The van der Waals surface area contributed by atoms with Gasteiger partial charge in [0.1, 0.15) is 0 Å². The molecule has 4 rings (SSSR count). The van der Waals surface area contributed by atoms with E-state index in [4.69, 9.17) is 6.85 Å². The van der Waals surface area contributed by atoms with Crippen LogP contribution in [0.3, 0.4) is 0 Å². The summed E-state index contributed by atoms with van der Waals surface area (Å²) >= 11 is 0. The van der Waals surface area contributed by atoms with Crippen molar-refractivity contribution in [2.45, 2.75) is 13.2 Å². The van der Waals surface area contributed by atoms with Crippen LogP contribution in [-0.2, 0) is 6.37 Å². The Labute approximate surface area is 149 Å². The van der Waals surface area contributed by atoms with Crippen LogP contribution in [0.4, 0.5) is 0 Å². The number of pyridine rings is 1. The van der Waals surface area contributed by atoms with Crippen LogP contribution in [0.2, 0.25) is 0 Å². The second-order valence-electron chi connectivity index (χ2n) is 5.67. The summed E-state index contributed by atoms with van der Waals surface area (Å²) in [6.45, 7) is -2.47. The third-order valence-corrected chi connectivity index (χ3v) is 4.00. The lowest BCUT2D eigenvalue weighted by Gasteiger charge is -2.10. The maximum atomic E-state index is 8.85. The molecular weight excluding hydrogens is 290 g/mol. The lowest BCUT2D eigenvalue weighted by molar-refractivity contribution is 1.12. The summed E-state index contributed by atoms with van der Waals surface area (Å²) in [6, 6.07) is 24.0. The van der Waals surface area contributed by atoms with Crippen molar-refractivity contribution in [3.05, 3.63) is 102 Å². The van der Waals surface area contributed by atoms with Gasteiger partial charge in [0.25, 0.3) is 0 Å². The van der Waals surface area contributed by atoms with Gasteiger partial charge in [0.05, 0.1) is 5.69 Å². The van der Waals surface area contributed by atoms with Crippen molar-refractivity contribution in [2.24, 2.45) is 0 Å². The lowest BCUT2D eigenvalue weighted by atomic mass is 9.98. The monoisotopic (exact) mass is 314 g/mol. The van der Waals surface area contributed by atoms with Gasteiger partial charge in [-0.3, -0.25) is 4.98 Å². The second kappa shape index (κ2) is 6.29. The van der Waals surface area contributed by atoms with E-state index in [-0.39, 0.29) is 11.1 Å². The molecule has 3 aromatic carbocycles. The number of hydrogen-bond acceptors (Lipinski definition) is 1. The van der Waals surface area contributed by atoms with Crippen molar-refractivity contribution in [1.82, 2.24) is 4.98 Å². The Morgan fingerprint density at radius 3 is 2.50 bits per heavy atom. The lowest BCUT2D eigenvalue weighted by Crippen LogP contribution is -1.95. The zero-order valence-electron chi connectivity index (χ0n) is 18.0. The SMILES string of the molecule is [2H]C([2H])([2H])c1cnc(-c2ccccc2)cc1C([2H])([2H])c1ccc2ccccc2c1. The van der Waals surface area contributed by atoms with E-state index in [1.165, 1.54) is 6.20 Å². The van der Waals surface area contributed by atoms with Crippen molar-refractivity contribution < 1.29 is 6.85 Å². The molecule has 0 bridgehead atoms. The largest absolute Gasteiger partial charge is 0.256 e. The minimum Gasteiger partial charge on any atom is -0.256 e. The summed E-state index contributed by atoms with van der Waals surface area (Å²) < 4.78 is 41.4. The molecule has 116 valence electrons. The molecular formula is C23H19N. The van der Waals surface area contributed by atoms with Crippen molar-refractivity contribution >= 4 is 10.8 Å². The van der Waals surface area contributed by atoms with Crippen molar-refractivity contribution in [2.75, 3.05) is 0 Å². The quantitative estimate of drug-likeness (QED) is 0.465. The first-order valence-corrected chi connectivity index (χ1v) is 7.82. The first kappa shape index (κ1) is 10.0. The van der Waals surface area contributed by atoms with E-state index in [0.29, 0.717) is 11.3 Å². The van der Waals surface area contributed by atoms with Crippen LogP contribution in [0.15, 0.2) is 85.1 Å². The zero-order chi connectivity index (χ0) is 20.6. The van der Waals surface area contributed by atoms with Crippen LogP contribution in [0.1, 0.15) is 23.5 Å². The molecule has 1 heterocycles. The van der Waals surface area contributed by atoms with E-state index in [9.17, 15) is 0 Å². The molecule has 0 spiro atoms. The molecule has 0 saturated heterocycles. The Morgan fingerprint density at radius 2 is 1.67 bits per heavy atom. The number of aryl methyl sites for hydroxylation is 1. The number of benzene rings is 3. The van der Waals surface area contributed by atoms with Crippen LogP contribution in [-0.4, -0.2) is 4.98 Å². The Hall–Kier alpha value is -2.93. The van der Waals surface area contributed by atoms with E-state index in [2.05, 4.69) is 4.98 Å². The summed E-state index contributed by atoms with van der Waals surface area (Å²) in [6.07, 6.45) is -0.718. The van der Waals surface area contributed by atoms with Gasteiger partial charge < -0.3 is 0 Å². The number of hydrogen-bond donors (Lipinski definition) is 0. The maximum absolute atomic E-state index is 8.85. The van der Waals surface area contributed by atoms with Gasteiger partial charge in [0, 0.05) is 18.6 Å². The fraction of sp³-hybridized carbons (Fsp3) is 0.0870. The van der Waals surface area contributed by atoms with Crippen molar-refractivity contribution in [1.29, 1.82) is 0 Å². The predicted molar refractivity (Wildman–Crippen MR) is 101 cm³/mol. The number of fused-ring (bicyclic) bond motifs is 1. The van der Waals surface area contributed by atoms with Crippen LogP contribution >= 0.6 is 0 Å². The fourth-order valence-electron chi connectivity index (χ4n) is 2.75. The van der Waals surface area contributed by atoms with E-state index in [0.717, 1.165) is 16.3 Å². The Balaban J connectivity index is 1.92. The highest BCUT2D eigenvalue weighted by Crippen LogP contribution is 2.23. The Bertz CT molecular complexity index is 1170. The molecule has 0 saturated carbocycles. The van der Waals surface area contributed by atoms with Crippen molar-refractivity contribution in [3.8, 4) is 11.3 Å². The fourth-order valence-corrected chi connectivity index (χ4v) is 2.75. The van der Waals surface area contributed by atoms with E-state index >= 15 is 0 Å². The predicted octanol–water partition coefficient (Wildman–Crippen LogP) is 5.80. The van der Waals surface area contributed by atoms with Gasteiger partial charge in [0.2, 0.25) is 0 Å². The summed E-state index contributed by atoms with van der Waals surface area (Å²) in [5.74, 6) is 0. The average molecular weight is 314 g/mol. The highest BCUT2D eigenvalue weighted by Gasteiger charge is 2.06. The number of rotatable bonds is 3. The average Bonchev–Trinajstić information content (AvgIpc) is 2.73. The molecule has 0 fully saturated rings. The van der Waals surface area contributed by atoms with Crippen LogP contribution in [0.25, 0.3) is 22.0 Å². The molecule has 24 heavy (non-hydrogen) atoms. The smallest absolute Gasteiger partial charge is 0.0705 e. The normalized spacial score (nSPS) is 15.1. The van der Waals surface area contributed by atoms with Gasteiger partial charge in [-0.25, -0.2) is 0 Å². The van der Waals surface area contributed by atoms with Gasteiger partial charge >= 0.3 is 0 Å². The minimum absolute atomic E-state index is 0.0738. The third-order valence-electron chi connectivity index (χ3n) is 4.00. The zero-order valence-corrected chi connectivity index (χ0v) is 13.0. The molecule has 0 amide bonds. The topological polar surface area (TPSA) is 12.9 Å². The van der Waals surface area contributed by atoms with Gasteiger partial charge in [-0.05, 0) is 46.8 Å². The summed E-state index contributed by atoms with van der Waals surface area (Å²) in [5, 5.41) is 1.91. The third kappa shape index (κ3) is 2.93. The summed E-state index contributed by atoms with van der Waals surface area (Å²) in [4.78, 5) is 4.31. The first-order chi connectivity index (χ1) is 13.8. The molecule has 0 aliphatic rings. The molecule has 0 N–H and O–H groups in total. The van der Waals surface area contributed by atoms with Gasteiger partial charge in [-0.1, -0.05) is 72.8 Å². The molecule has 0 aliphatic heterocycles. The van der Waals surface area contributed by atoms with E-state index in [1.54, 1.807) is 18.2 Å².